The molecule has 7 fully saturated rings. The summed E-state index contributed by atoms with van der Waals surface area (Å²) in [4.78, 5) is 0. The summed E-state index contributed by atoms with van der Waals surface area (Å²) in [5.74, 6) is 1.86. The van der Waals surface area contributed by atoms with Gasteiger partial charge in [0.25, 0.3) is 0 Å². The summed E-state index contributed by atoms with van der Waals surface area (Å²) < 4.78 is 38.2. The molecule has 8 rings (SSSR count). The van der Waals surface area contributed by atoms with Crippen LogP contribution in [0.5, 0.6) is 0 Å². The average molecular weight is 739 g/mol. The molecule has 22 atom stereocenters. The first-order chi connectivity index (χ1) is 24.6. The second-order valence-electron chi connectivity index (χ2n) is 18.3. The molecule has 13 heteroatoms. The van der Waals surface area contributed by atoms with Crippen molar-refractivity contribution >= 4 is 0 Å². The van der Waals surface area contributed by atoms with Gasteiger partial charge in [0.2, 0.25) is 0 Å². The molecule has 0 aromatic rings. The molecule has 4 aliphatic heterocycles. The topological polar surface area (TPSA) is 197 Å². The molecule has 0 unspecified atom stereocenters. The van der Waals surface area contributed by atoms with Gasteiger partial charge in [-0.3, -0.25) is 0 Å². The summed E-state index contributed by atoms with van der Waals surface area (Å²) in [6.07, 6.45) is -5.95. The number of aliphatic hydroxyl groups is 7. The predicted octanol–water partition coefficient (Wildman–Crippen LogP) is 1.36. The Morgan fingerprint density at radius 2 is 1.60 bits per heavy atom. The van der Waals surface area contributed by atoms with Crippen molar-refractivity contribution in [3.63, 3.8) is 0 Å². The van der Waals surface area contributed by atoms with E-state index in [0.717, 1.165) is 50.7 Å². The lowest BCUT2D eigenvalue weighted by molar-refractivity contribution is -0.374. The smallest absolute Gasteiger partial charge is 0.187 e. The quantitative estimate of drug-likeness (QED) is 0.200. The third-order valence-electron chi connectivity index (χ3n) is 15.6. The van der Waals surface area contributed by atoms with E-state index in [1.165, 1.54) is 6.92 Å². The first kappa shape index (κ1) is 38.1. The van der Waals surface area contributed by atoms with Gasteiger partial charge in [0, 0.05) is 24.2 Å². The highest BCUT2D eigenvalue weighted by Crippen LogP contribution is 2.71. The van der Waals surface area contributed by atoms with Crippen LogP contribution >= 0.6 is 0 Å². The van der Waals surface area contributed by atoms with Crippen LogP contribution in [-0.2, 0) is 28.4 Å². The Hall–Kier alpha value is -0.780. The zero-order chi connectivity index (χ0) is 37.1. The zero-order valence-corrected chi connectivity index (χ0v) is 31.2. The maximum atomic E-state index is 11.3. The van der Waals surface area contributed by atoms with Gasteiger partial charge in [-0.05, 0) is 80.5 Å². The van der Waals surface area contributed by atoms with Gasteiger partial charge in [0.05, 0.1) is 37.6 Å². The average Bonchev–Trinajstić information content (AvgIpc) is 3.56. The van der Waals surface area contributed by atoms with E-state index in [9.17, 15) is 35.7 Å². The predicted molar refractivity (Wildman–Crippen MR) is 183 cm³/mol. The molecule has 4 heterocycles. The fourth-order valence-corrected chi connectivity index (χ4v) is 12.6. The second kappa shape index (κ2) is 13.7. The minimum absolute atomic E-state index is 0.101. The minimum Gasteiger partial charge on any atom is -0.394 e. The molecule has 13 nitrogen and oxygen atoms in total. The lowest BCUT2D eigenvalue weighted by atomic mass is 9.46. The first-order valence-corrected chi connectivity index (χ1v) is 19.9. The van der Waals surface area contributed by atoms with E-state index < -0.39 is 91.4 Å². The van der Waals surface area contributed by atoms with Gasteiger partial charge in [-0.1, -0.05) is 39.3 Å². The maximum absolute atomic E-state index is 11.3. The molecule has 8 aliphatic rings. The van der Waals surface area contributed by atoms with Crippen molar-refractivity contribution in [2.24, 2.45) is 46.3 Å². The van der Waals surface area contributed by atoms with Crippen molar-refractivity contribution in [3.8, 4) is 0 Å². The van der Waals surface area contributed by atoms with Crippen LogP contribution in [0, 0.1) is 46.3 Å². The molecule has 0 aromatic heterocycles. The summed E-state index contributed by atoms with van der Waals surface area (Å²) >= 11 is 0. The fourth-order valence-electron chi connectivity index (χ4n) is 12.6. The largest absolute Gasteiger partial charge is 0.394 e. The van der Waals surface area contributed by atoms with Crippen molar-refractivity contribution in [2.45, 2.75) is 171 Å². The number of aliphatic hydroxyl groups excluding tert-OH is 7. The Morgan fingerprint density at radius 1 is 0.827 bits per heavy atom. The normalized spacial score (nSPS) is 58.9. The lowest BCUT2D eigenvalue weighted by Crippen LogP contribution is -2.65. The number of fused-ring (bicyclic) bond motifs is 7. The van der Waals surface area contributed by atoms with Crippen molar-refractivity contribution in [3.05, 3.63) is 11.6 Å². The molecule has 4 saturated heterocycles. The van der Waals surface area contributed by atoms with E-state index in [-0.39, 0.29) is 17.4 Å². The van der Waals surface area contributed by atoms with Crippen LogP contribution in [-0.4, -0.2) is 134 Å². The molecule has 0 amide bonds. The van der Waals surface area contributed by atoms with E-state index in [0.29, 0.717) is 42.4 Å². The molecule has 0 bridgehead atoms. The monoisotopic (exact) mass is 738 g/mol. The lowest BCUT2D eigenvalue weighted by Gasteiger charge is -2.60. The zero-order valence-electron chi connectivity index (χ0n) is 31.2. The number of hydrogen-bond donors (Lipinski definition) is 7. The van der Waals surface area contributed by atoms with Gasteiger partial charge >= 0.3 is 0 Å². The van der Waals surface area contributed by atoms with Crippen LogP contribution in [0.2, 0.25) is 0 Å². The SMILES string of the molecule is C[C@@H]1CC[C@@]2(OC1)O[C@H]1C[C@H]3[C@@H]4CC=C5C[C@H](O)C[C@@H](O[C@H]6O[C@@H](CO)[C@H](O)[C@@H](O)[C@H]6O[C@@H]6O[C@@H](C)[C@H](O)[C@H](O)[C@H]6O)[C@]5(C)[C@H]4CC[C@]3(C)[C@H]1[C@@H]2C. The van der Waals surface area contributed by atoms with Gasteiger partial charge in [0.1, 0.15) is 42.7 Å². The van der Waals surface area contributed by atoms with Crippen molar-refractivity contribution < 1.29 is 64.2 Å². The summed E-state index contributed by atoms with van der Waals surface area (Å²) in [7, 11) is 0. The van der Waals surface area contributed by atoms with Gasteiger partial charge in [-0.2, -0.15) is 0 Å². The second-order valence-corrected chi connectivity index (χ2v) is 18.3. The van der Waals surface area contributed by atoms with Crippen molar-refractivity contribution in [1.29, 1.82) is 0 Å². The Balaban J connectivity index is 1.06. The highest BCUT2D eigenvalue weighted by Gasteiger charge is 2.69. The van der Waals surface area contributed by atoms with Crippen LogP contribution < -0.4 is 0 Å². The summed E-state index contributed by atoms with van der Waals surface area (Å²) in [5.41, 5.74) is 0.762. The van der Waals surface area contributed by atoms with Gasteiger partial charge < -0.3 is 64.2 Å². The molecule has 52 heavy (non-hydrogen) atoms. The molecular weight excluding hydrogens is 676 g/mol. The molecule has 1 spiro atoms. The Morgan fingerprint density at radius 3 is 2.31 bits per heavy atom. The van der Waals surface area contributed by atoms with Crippen molar-refractivity contribution in [1.82, 2.24) is 0 Å². The van der Waals surface area contributed by atoms with E-state index in [4.69, 9.17) is 28.4 Å². The van der Waals surface area contributed by atoms with Crippen LogP contribution in [0.1, 0.15) is 86.0 Å². The molecule has 3 saturated carbocycles. The van der Waals surface area contributed by atoms with Crippen LogP contribution in [0.3, 0.4) is 0 Å². The Bertz CT molecular complexity index is 1340. The molecule has 296 valence electrons. The standard InChI is InChI=1S/C39H62O13/c1-17-8-11-39(47-16-17)18(2)28-25(52-39)14-24-22-7-6-20-12-21(41)13-27(38(20,5)23(22)9-10-37(24,28)4)50-36-34(32(45)30(43)26(15-40)49-36)51-35-33(46)31(44)29(42)19(3)48-35/h6,17-19,21-36,40-46H,7-16H2,1-5H3/t17-,18+,19+,21+,22-,23+,24+,25+,26+,27-,28+,29+,30+,31+,32-,33-,34-,35+,36-,37+,38+,39-/m1/s1. The molecule has 4 aliphatic carbocycles. The summed E-state index contributed by atoms with van der Waals surface area (Å²) in [5, 5.41) is 74.9. The van der Waals surface area contributed by atoms with Gasteiger partial charge in [-0.25, -0.2) is 0 Å². The van der Waals surface area contributed by atoms with Crippen LogP contribution in [0.25, 0.3) is 0 Å². The number of ether oxygens (including phenoxy) is 6. The van der Waals surface area contributed by atoms with E-state index in [2.05, 4.69) is 33.8 Å². The van der Waals surface area contributed by atoms with Crippen LogP contribution in [0.4, 0.5) is 0 Å². The third-order valence-corrected chi connectivity index (χ3v) is 15.6. The number of allylic oxidation sites excluding steroid dienone is 1. The fraction of sp³-hybridized carbons (Fsp3) is 0.949. The molecule has 0 radical (unpaired) electrons. The Kier molecular flexibility index (Phi) is 10.0. The van der Waals surface area contributed by atoms with E-state index >= 15 is 0 Å². The van der Waals surface area contributed by atoms with Crippen LogP contribution in [0.15, 0.2) is 11.6 Å². The highest BCUT2D eigenvalue weighted by atomic mass is 16.8. The van der Waals surface area contributed by atoms with Gasteiger partial charge in [0.15, 0.2) is 18.4 Å². The Labute approximate surface area is 306 Å². The molecular formula is C39H62O13. The number of rotatable bonds is 5. The summed E-state index contributed by atoms with van der Waals surface area (Å²) in [6, 6.07) is 0. The molecule has 0 aromatic carbocycles. The van der Waals surface area contributed by atoms with E-state index in [1.807, 2.05) is 0 Å². The first-order valence-electron chi connectivity index (χ1n) is 19.9. The minimum atomic E-state index is -1.66. The highest BCUT2D eigenvalue weighted by molar-refractivity contribution is 5.29. The molecule has 7 N–H and O–H groups in total. The number of hydrogen-bond acceptors (Lipinski definition) is 13. The maximum Gasteiger partial charge on any atom is 0.187 e. The summed E-state index contributed by atoms with van der Waals surface area (Å²) in [6.45, 7) is 11.0. The third kappa shape index (κ3) is 5.74. The van der Waals surface area contributed by atoms with Gasteiger partial charge in [-0.15, -0.1) is 0 Å². The van der Waals surface area contributed by atoms with Crippen molar-refractivity contribution in [2.75, 3.05) is 13.2 Å². The van der Waals surface area contributed by atoms with E-state index in [1.54, 1.807) is 0 Å².